The molecule has 0 spiro atoms. The summed E-state index contributed by atoms with van der Waals surface area (Å²) in [4.78, 5) is 23.4. The van der Waals surface area contributed by atoms with E-state index in [1.807, 2.05) is 18.2 Å². The van der Waals surface area contributed by atoms with Gasteiger partial charge >= 0.3 is 6.03 Å². The molecule has 5 rings (SSSR count). The van der Waals surface area contributed by atoms with Crippen LogP contribution in [0.25, 0.3) is 11.4 Å². The molecule has 2 saturated carbocycles. The Morgan fingerprint density at radius 2 is 1.89 bits per heavy atom. The Labute approximate surface area is 205 Å². The lowest BCUT2D eigenvalue weighted by molar-refractivity contribution is 0.122. The number of rotatable bonds is 8. The predicted molar refractivity (Wildman–Crippen MR) is 135 cm³/mol. The van der Waals surface area contributed by atoms with Crippen molar-refractivity contribution in [1.82, 2.24) is 15.3 Å². The number of nitrogens with one attached hydrogen (secondary N) is 2. The second-order valence-corrected chi connectivity index (χ2v) is 11.8. The van der Waals surface area contributed by atoms with Crippen molar-refractivity contribution in [1.29, 1.82) is 0 Å². The molecular formula is C25H31N5O4S. The number of urea groups is 1. The molecule has 1 aromatic heterocycles. The number of amides is 2. The number of carbonyl (C=O) groups excluding carboxylic acids is 1. The van der Waals surface area contributed by atoms with Gasteiger partial charge in [-0.1, -0.05) is 6.08 Å². The minimum atomic E-state index is -3.50. The molecule has 35 heavy (non-hydrogen) atoms. The van der Waals surface area contributed by atoms with Gasteiger partial charge in [-0.3, -0.25) is 0 Å². The van der Waals surface area contributed by atoms with Crippen molar-refractivity contribution in [3.63, 3.8) is 0 Å². The SMILES string of the molecule is C=CC(C1CC1)S(=O)(=O)C1(c2cc(N3CCOCC3)nc(-c3ccc(NC(=O)NC)cc3)n2)CC1. The number of carbonyl (C=O) groups is 1. The molecule has 2 aliphatic carbocycles. The van der Waals surface area contributed by atoms with Gasteiger partial charge in [0.2, 0.25) is 0 Å². The van der Waals surface area contributed by atoms with E-state index >= 15 is 0 Å². The lowest BCUT2D eigenvalue weighted by atomic mass is 10.1. The molecule has 1 saturated heterocycles. The number of anilines is 2. The van der Waals surface area contributed by atoms with Crippen LogP contribution in [0.2, 0.25) is 0 Å². The first-order valence-electron chi connectivity index (χ1n) is 12.1. The largest absolute Gasteiger partial charge is 0.378 e. The van der Waals surface area contributed by atoms with Gasteiger partial charge in [0.1, 0.15) is 10.6 Å². The van der Waals surface area contributed by atoms with Crippen LogP contribution < -0.4 is 15.5 Å². The first kappa shape index (κ1) is 23.7. The Bertz CT molecular complexity index is 1220. The van der Waals surface area contributed by atoms with Gasteiger partial charge in [0.25, 0.3) is 0 Å². The molecule has 10 heteroatoms. The van der Waals surface area contributed by atoms with Gasteiger partial charge in [0.15, 0.2) is 15.7 Å². The minimum absolute atomic E-state index is 0.162. The summed E-state index contributed by atoms with van der Waals surface area (Å²) in [7, 11) is -1.95. The number of aromatic nitrogens is 2. The lowest BCUT2D eigenvalue weighted by Crippen LogP contribution is -2.37. The monoisotopic (exact) mass is 497 g/mol. The molecule has 2 N–H and O–H groups in total. The van der Waals surface area contributed by atoms with E-state index in [1.54, 1.807) is 25.3 Å². The van der Waals surface area contributed by atoms with Crippen molar-refractivity contribution in [3.05, 3.63) is 48.7 Å². The predicted octanol–water partition coefficient (Wildman–Crippen LogP) is 3.10. The molecule has 0 bridgehead atoms. The summed E-state index contributed by atoms with van der Waals surface area (Å²) in [5, 5.41) is 4.72. The van der Waals surface area contributed by atoms with Crippen molar-refractivity contribution in [3.8, 4) is 11.4 Å². The average Bonchev–Trinajstić information content (AvgIpc) is 3.80. The standard InChI is InChI=1S/C25H31N5O4S/c1-3-20(17-4-5-17)35(32,33)25(10-11-25)21-16-22(30-12-14-34-15-13-30)29-23(28-21)18-6-8-19(9-7-18)27-24(31)26-2/h3,6-9,16-17,20H,1,4-5,10-15H2,2H3,(H2,26,27,31). The fraction of sp³-hybridized carbons (Fsp3) is 0.480. The van der Waals surface area contributed by atoms with E-state index in [2.05, 4.69) is 22.1 Å². The molecule has 2 amide bonds. The maximum Gasteiger partial charge on any atom is 0.318 e. The Morgan fingerprint density at radius 3 is 2.46 bits per heavy atom. The van der Waals surface area contributed by atoms with Crippen LogP contribution in [0.4, 0.5) is 16.3 Å². The average molecular weight is 498 g/mol. The molecular weight excluding hydrogens is 466 g/mol. The van der Waals surface area contributed by atoms with E-state index in [0.717, 1.165) is 18.4 Å². The topological polar surface area (TPSA) is 114 Å². The first-order valence-corrected chi connectivity index (χ1v) is 13.6. The number of nitrogens with zero attached hydrogens (tertiary/aromatic N) is 3. The highest BCUT2D eigenvalue weighted by Crippen LogP contribution is 2.56. The summed E-state index contributed by atoms with van der Waals surface area (Å²) >= 11 is 0. The van der Waals surface area contributed by atoms with Gasteiger partial charge in [-0.05, 0) is 55.9 Å². The third-order valence-corrected chi connectivity index (χ3v) is 10.1. The Hall–Kier alpha value is -2.98. The summed E-state index contributed by atoms with van der Waals surface area (Å²) in [6, 6.07) is 8.77. The van der Waals surface area contributed by atoms with Crippen LogP contribution in [0.3, 0.4) is 0 Å². The van der Waals surface area contributed by atoms with Crippen LogP contribution in [0, 0.1) is 5.92 Å². The minimum Gasteiger partial charge on any atom is -0.378 e. The number of morpholine rings is 1. The van der Waals surface area contributed by atoms with Gasteiger partial charge in [0, 0.05) is 37.5 Å². The maximum absolute atomic E-state index is 13.8. The van der Waals surface area contributed by atoms with E-state index in [1.165, 1.54) is 0 Å². The van der Waals surface area contributed by atoms with E-state index in [9.17, 15) is 13.2 Å². The first-order chi connectivity index (χ1) is 16.9. The van der Waals surface area contributed by atoms with E-state index in [4.69, 9.17) is 14.7 Å². The zero-order chi connectivity index (χ0) is 24.6. The summed E-state index contributed by atoms with van der Waals surface area (Å²) in [6.45, 7) is 6.40. The summed E-state index contributed by atoms with van der Waals surface area (Å²) in [5.41, 5.74) is 1.95. The number of hydrogen-bond donors (Lipinski definition) is 2. The quantitative estimate of drug-likeness (QED) is 0.539. The second kappa shape index (κ2) is 9.23. The van der Waals surface area contributed by atoms with Crippen LogP contribution in [0.1, 0.15) is 31.4 Å². The van der Waals surface area contributed by atoms with Crippen LogP contribution in [-0.2, 0) is 19.3 Å². The normalized spacial score (nSPS) is 20.1. The van der Waals surface area contributed by atoms with E-state index in [-0.39, 0.29) is 11.9 Å². The summed E-state index contributed by atoms with van der Waals surface area (Å²) < 4.78 is 32.2. The van der Waals surface area contributed by atoms with Crippen molar-refractivity contribution < 1.29 is 17.9 Å². The van der Waals surface area contributed by atoms with Gasteiger partial charge < -0.3 is 20.3 Å². The smallest absolute Gasteiger partial charge is 0.318 e. The van der Waals surface area contributed by atoms with Crippen LogP contribution in [-0.4, -0.2) is 63.0 Å². The summed E-state index contributed by atoms with van der Waals surface area (Å²) in [6.07, 6.45) is 4.57. The zero-order valence-corrected chi connectivity index (χ0v) is 20.7. The molecule has 1 aliphatic heterocycles. The lowest BCUT2D eigenvalue weighted by Gasteiger charge is -2.29. The molecule has 3 fully saturated rings. The molecule has 186 valence electrons. The third kappa shape index (κ3) is 4.52. The molecule has 9 nitrogen and oxygen atoms in total. The van der Waals surface area contributed by atoms with Crippen molar-refractivity contribution >= 4 is 27.4 Å². The van der Waals surface area contributed by atoms with Crippen LogP contribution in [0.5, 0.6) is 0 Å². The Balaban J connectivity index is 1.55. The Morgan fingerprint density at radius 1 is 1.20 bits per heavy atom. The van der Waals surface area contributed by atoms with E-state index in [0.29, 0.717) is 62.2 Å². The fourth-order valence-electron chi connectivity index (χ4n) is 4.71. The highest BCUT2D eigenvalue weighted by atomic mass is 32.2. The third-order valence-electron chi connectivity index (χ3n) is 7.07. The maximum atomic E-state index is 13.8. The number of hydrogen-bond acceptors (Lipinski definition) is 7. The molecule has 0 radical (unpaired) electrons. The highest BCUT2D eigenvalue weighted by molar-refractivity contribution is 7.93. The molecule has 2 aromatic rings. The van der Waals surface area contributed by atoms with Crippen molar-refractivity contribution in [2.24, 2.45) is 5.92 Å². The van der Waals surface area contributed by atoms with Crippen molar-refractivity contribution in [2.75, 3.05) is 43.6 Å². The summed E-state index contributed by atoms with van der Waals surface area (Å²) in [5.74, 6) is 1.35. The number of ether oxygens (including phenoxy) is 1. The van der Waals surface area contributed by atoms with Crippen LogP contribution >= 0.6 is 0 Å². The van der Waals surface area contributed by atoms with Crippen molar-refractivity contribution in [2.45, 2.75) is 35.7 Å². The molecule has 1 unspecified atom stereocenters. The molecule has 3 aliphatic rings. The van der Waals surface area contributed by atoms with E-state index < -0.39 is 19.8 Å². The highest BCUT2D eigenvalue weighted by Gasteiger charge is 2.61. The molecule has 1 atom stereocenters. The van der Waals surface area contributed by atoms with Crippen LogP contribution in [0.15, 0.2) is 43.0 Å². The number of benzene rings is 1. The van der Waals surface area contributed by atoms with Gasteiger partial charge in [-0.25, -0.2) is 23.2 Å². The molecule has 1 aromatic carbocycles. The molecule has 2 heterocycles. The van der Waals surface area contributed by atoms with Gasteiger partial charge in [-0.2, -0.15) is 0 Å². The second-order valence-electron chi connectivity index (χ2n) is 9.39. The zero-order valence-electron chi connectivity index (χ0n) is 19.9. The van der Waals surface area contributed by atoms with Gasteiger partial charge in [-0.15, -0.1) is 6.58 Å². The Kier molecular flexibility index (Phi) is 6.27. The van der Waals surface area contributed by atoms with Gasteiger partial charge in [0.05, 0.1) is 24.2 Å². The fourth-order valence-corrected chi connectivity index (χ4v) is 7.33. The number of sulfone groups is 1.